The third kappa shape index (κ3) is 2.42. The molecular weight excluding hydrogens is 236 g/mol. The van der Waals surface area contributed by atoms with Gasteiger partial charge in [0.05, 0.1) is 0 Å². The average molecular weight is 266 g/mol. The molecule has 19 heavy (non-hydrogen) atoms. The third-order valence-corrected chi connectivity index (χ3v) is 6.13. The Balaban J connectivity index is 1.78. The summed E-state index contributed by atoms with van der Waals surface area (Å²) in [6.45, 7) is 12.8. The lowest BCUT2D eigenvalue weighted by atomic mass is 9.69. The van der Waals surface area contributed by atoms with E-state index < -0.39 is 0 Å². The highest BCUT2D eigenvalue weighted by atomic mass is 16.1. The van der Waals surface area contributed by atoms with Gasteiger partial charge in [-0.25, -0.2) is 0 Å². The predicted octanol–water partition coefficient (Wildman–Crippen LogP) is 2.56. The minimum atomic E-state index is 0.0824. The molecule has 0 aromatic rings. The molecule has 1 amide bonds. The van der Waals surface area contributed by atoms with Gasteiger partial charge in [0, 0.05) is 25.0 Å². The summed E-state index contributed by atoms with van der Waals surface area (Å²) in [6.07, 6.45) is 4.05. The molecule has 2 rings (SSSR count). The van der Waals surface area contributed by atoms with Crippen molar-refractivity contribution in [2.45, 2.75) is 59.9 Å². The zero-order valence-corrected chi connectivity index (χ0v) is 13.2. The molecule has 3 nitrogen and oxygen atoms in total. The second-order valence-corrected chi connectivity index (χ2v) is 7.56. The van der Waals surface area contributed by atoms with Crippen LogP contribution in [0.15, 0.2) is 0 Å². The Kier molecular flexibility index (Phi) is 3.97. The first kappa shape index (κ1) is 14.8. The zero-order chi connectivity index (χ0) is 14.3. The Morgan fingerprint density at radius 1 is 1.26 bits per heavy atom. The van der Waals surface area contributed by atoms with Crippen molar-refractivity contribution in [3.63, 3.8) is 0 Å². The summed E-state index contributed by atoms with van der Waals surface area (Å²) in [7, 11) is 0. The van der Waals surface area contributed by atoms with Crippen LogP contribution in [-0.2, 0) is 4.79 Å². The van der Waals surface area contributed by atoms with Crippen LogP contribution in [0.1, 0.15) is 53.9 Å². The van der Waals surface area contributed by atoms with E-state index in [4.69, 9.17) is 0 Å². The fourth-order valence-electron chi connectivity index (χ4n) is 4.15. The summed E-state index contributed by atoms with van der Waals surface area (Å²) < 4.78 is 0. The van der Waals surface area contributed by atoms with E-state index in [0.717, 1.165) is 19.0 Å². The number of carbonyl (C=O) groups is 1. The highest BCUT2D eigenvalue weighted by Gasteiger charge is 2.60. The fourth-order valence-corrected chi connectivity index (χ4v) is 4.15. The molecule has 2 saturated carbocycles. The average Bonchev–Trinajstić information content (AvgIpc) is 2.66. The Morgan fingerprint density at radius 3 is 2.42 bits per heavy atom. The van der Waals surface area contributed by atoms with E-state index >= 15 is 0 Å². The van der Waals surface area contributed by atoms with Crippen LogP contribution in [0.25, 0.3) is 0 Å². The summed E-state index contributed by atoms with van der Waals surface area (Å²) in [5.74, 6) is 1.11. The number of hydrogen-bond acceptors (Lipinski definition) is 2. The van der Waals surface area contributed by atoms with Gasteiger partial charge in [-0.3, -0.25) is 4.79 Å². The number of nitrogens with one attached hydrogen (secondary N) is 2. The molecule has 0 saturated heterocycles. The molecular formula is C16H30N2O. The zero-order valence-electron chi connectivity index (χ0n) is 13.2. The van der Waals surface area contributed by atoms with Crippen LogP contribution >= 0.6 is 0 Å². The van der Waals surface area contributed by atoms with E-state index in [9.17, 15) is 4.79 Å². The monoisotopic (exact) mass is 266 g/mol. The topological polar surface area (TPSA) is 41.1 Å². The highest BCUT2D eigenvalue weighted by Crippen LogP contribution is 2.65. The standard InChI is InChI=1S/C16H30N2O/c1-11(2)14(19)18-9-8-17-13-10-12-6-7-16(13,5)15(12,3)4/h11-13,17H,6-10H2,1-5H3,(H,18,19). The van der Waals surface area contributed by atoms with Gasteiger partial charge >= 0.3 is 0 Å². The van der Waals surface area contributed by atoms with Gasteiger partial charge < -0.3 is 10.6 Å². The number of rotatable bonds is 5. The molecule has 2 fully saturated rings. The molecule has 2 N–H and O–H groups in total. The molecule has 0 spiro atoms. The molecule has 110 valence electrons. The molecule has 3 unspecified atom stereocenters. The second kappa shape index (κ2) is 5.08. The predicted molar refractivity (Wildman–Crippen MR) is 78.9 cm³/mol. The summed E-state index contributed by atoms with van der Waals surface area (Å²) in [5.41, 5.74) is 0.894. The lowest BCUT2D eigenvalue weighted by Gasteiger charge is -2.39. The summed E-state index contributed by atoms with van der Waals surface area (Å²) >= 11 is 0. The summed E-state index contributed by atoms with van der Waals surface area (Å²) in [4.78, 5) is 11.5. The van der Waals surface area contributed by atoms with Crippen molar-refractivity contribution < 1.29 is 4.79 Å². The first-order valence-electron chi connectivity index (χ1n) is 7.80. The number of carbonyl (C=O) groups excluding carboxylic acids is 1. The van der Waals surface area contributed by atoms with Crippen LogP contribution in [0.2, 0.25) is 0 Å². The van der Waals surface area contributed by atoms with Gasteiger partial charge in [-0.15, -0.1) is 0 Å². The Morgan fingerprint density at radius 2 is 1.95 bits per heavy atom. The summed E-state index contributed by atoms with van der Waals surface area (Å²) in [5, 5.41) is 6.67. The lowest BCUT2D eigenvalue weighted by molar-refractivity contribution is -0.123. The minimum absolute atomic E-state index is 0.0824. The molecule has 0 heterocycles. The third-order valence-electron chi connectivity index (χ3n) is 6.13. The van der Waals surface area contributed by atoms with E-state index in [-0.39, 0.29) is 11.8 Å². The summed E-state index contributed by atoms with van der Waals surface area (Å²) in [6, 6.07) is 0.622. The maximum absolute atomic E-state index is 11.5. The van der Waals surface area contributed by atoms with Gasteiger partial charge in [0.1, 0.15) is 0 Å². The van der Waals surface area contributed by atoms with Gasteiger partial charge in [0.2, 0.25) is 5.91 Å². The van der Waals surface area contributed by atoms with E-state index in [1.165, 1.54) is 19.3 Å². The molecule has 2 aliphatic rings. The fraction of sp³-hybridized carbons (Fsp3) is 0.938. The van der Waals surface area contributed by atoms with Gasteiger partial charge in [0.25, 0.3) is 0 Å². The Bertz CT molecular complexity index is 351. The van der Waals surface area contributed by atoms with Crippen molar-refractivity contribution >= 4 is 5.91 Å². The van der Waals surface area contributed by atoms with Gasteiger partial charge in [-0.2, -0.15) is 0 Å². The van der Waals surface area contributed by atoms with Crippen molar-refractivity contribution in [3.05, 3.63) is 0 Å². The number of amides is 1. The molecule has 3 heteroatoms. The lowest BCUT2D eigenvalue weighted by Crippen LogP contribution is -2.46. The number of hydrogen-bond donors (Lipinski definition) is 2. The van der Waals surface area contributed by atoms with Crippen LogP contribution < -0.4 is 10.6 Å². The first-order chi connectivity index (χ1) is 8.79. The van der Waals surface area contributed by atoms with Gasteiger partial charge in [-0.05, 0) is 36.0 Å². The highest BCUT2D eigenvalue weighted by molar-refractivity contribution is 5.77. The minimum Gasteiger partial charge on any atom is -0.355 e. The van der Waals surface area contributed by atoms with Crippen LogP contribution in [0.5, 0.6) is 0 Å². The maximum atomic E-state index is 11.5. The molecule has 2 bridgehead atoms. The molecule has 3 atom stereocenters. The second-order valence-electron chi connectivity index (χ2n) is 7.56. The van der Waals surface area contributed by atoms with Crippen molar-refractivity contribution in [3.8, 4) is 0 Å². The SMILES string of the molecule is CC(C)C(=O)NCCNC1CC2CCC1(C)C2(C)C. The number of fused-ring (bicyclic) bond motifs is 2. The van der Waals surface area contributed by atoms with Crippen LogP contribution in [0.3, 0.4) is 0 Å². The smallest absolute Gasteiger partial charge is 0.222 e. The van der Waals surface area contributed by atoms with E-state index in [0.29, 0.717) is 16.9 Å². The van der Waals surface area contributed by atoms with Gasteiger partial charge in [-0.1, -0.05) is 34.6 Å². The van der Waals surface area contributed by atoms with Crippen LogP contribution in [0, 0.1) is 22.7 Å². The Hall–Kier alpha value is -0.570. The molecule has 0 radical (unpaired) electrons. The molecule has 2 aliphatic carbocycles. The quantitative estimate of drug-likeness (QED) is 0.751. The van der Waals surface area contributed by atoms with Crippen molar-refractivity contribution in [1.82, 2.24) is 10.6 Å². The van der Waals surface area contributed by atoms with E-state index in [1.54, 1.807) is 0 Å². The molecule has 0 aromatic carbocycles. The van der Waals surface area contributed by atoms with Crippen molar-refractivity contribution in [1.29, 1.82) is 0 Å². The van der Waals surface area contributed by atoms with Gasteiger partial charge in [0.15, 0.2) is 0 Å². The molecule has 0 aliphatic heterocycles. The van der Waals surface area contributed by atoms with Crippen molar-refractivity contribution in [2.24, 2.45) is 22.7 Å². The van der Waals surface area contributed by atoms with E-state index in [2.05, 4.69) is 31.4 Å². The van der Waals surface area contributed by atoms with Crippen LogP contribution in [-0.4, -0.2) is 25.0 Å². The van der Waals surface area contributed by atoms with Crippen LogP contribution in [0.4, 0.5) is 0 Å². The molecule has 0 aromatic heterocycles. The van der Waals surface area contributed by atoms with Crippen molar-refractivity contribution in [2.75, 3.05) is 13.1 Å². The maximum Gasteiger partial charge on any atom is 0.222 e. The first-order valence-corrected chi connectivity index (χ1v) is 7.80. The normalized spacial score (nSPS) is 35.9. The Labute approximate surface area is 117 Å². The largest absolute Gasteiger partial charge is 0.355 e. The van der Waals surface area contributed by atoms with E-state index in [1.807, 2.05) is 13.8 Å².